The monoisotopic (exact) mass is 885 g/mol. The maximum Gasteiger partial charge on any atom is 0.135 e. The molecule has 324 valence electrons. The Morgan fingerprint density at radius 1 is 0.449 bits per heavy atom. The summed E-state index contributed by atoms with van der Waals surface area (Å²) in [4.78, 5) is 24.7. The van der Waals surface area contributed by atoms with Crippen molar-refractivity contribution >= 4 is 71.4 Å². The number of benzene rings is 4. The molecule has 8 heterocycles. The molecule has 69 heavy (non-hydrogen) atoms. The van der Waals surface area contributed by atoms with Gasteiger partial charge in [0.15, 0.2) is 0 Å². The van der Waals surface area contributed by atoms with E-state index in [2.05, 4.69) is 152 Å². The molecule has 0 saturated heterocycles. The number of para-hydroxylation sites is 1. The van der Waals surface area contributed by atoms with E-state index in [1.807, 2.05) is 97.9 Å². The molecule has 1 aliphatic rings. The minimum Gasteiger partial charge on any atom is -0.456 e. The van der Waals surface area contributed by atoms with Gasteiger partial charge in [0.05, 0.1) is 33.5 Å². The zero-order valence-electron chi connectivity index (χ0n) is 37.2. The molecule has 0 N–H and O–H groups in total. The number of allylic oxidation sites excluding steroid dienone is 6. The SMILES string of the molecule is C1=CC=C=C/C(c2cncc(-c3ccc4c(n3)c3nc(-c5cncc(-c6ccccc6)c5)ccc3n4-c3ccc4c(c3)c3cnccc3n4-c3ccc4oc5ccccc5c4c3)c2)=C\C=1.C=CC=C. The van der Waals surface area contributed by atoms with E-state index in [0.29, 0.717) is 0 Å². The summed E-state index contributed by atoms with van der Waals surface area (Å²) in [6.45, 7) is 6.72. The molecule has 13 rings (SSSR count). The highest BCUT2D eigenvalue weighted by molar-refractivity contribution is 6.12. The minimum absolute atomic E-state index is 0.780. The van der Waals surface area contributed by atoms with Crippen LogP contribution in [0.4, 0.5) is 0 Å². The lowest BCUT2D eigenvalue weighted by Crippen LogP contribution is -1.96. The number of hydrogen-bond donors (Lipinski definition) is 0. The van der Waals surface area contributed by atoms with Crippen molar-refractivity contribution < 1.29 is 4.42 Å². The summed E-state index contributed by atoms with van der Waals surface area (Å²) in [6.07, 6.45) is 24.1. The number of hydrogen-bond acceptors (Lipinski definition) is 6. The molecule has 0 saturated carbocycles. The van der Waals surface area contributed by atoms with Crippen LogP contribution in [0.3, 0.4) is 0 Å². The first-order chi connectivity index (χ1) is 34.1. The lowest BCUT2D eigenvalue weighted by Gasteiger charge is -2.11. The fourth-order valence-corrected chi connectivity index (χ4v) is 9.23. The molecule has 0 radical (unpaired) electrons. The van der Waals surface area contributed by atoms with Crippen molar-refractivity contribution in [3.05, 3.63) is 243 Å². The van der Waals surface area contributed by atoms with E-state index in [1.54, 1.807) is 12.2 Å². The molecular weight excluding hydrogens is 847 g/mol. The Hall–Kier alpha value is -9.71. The van der Waals surface area contributed by atoms with Crippen LogP contribution >= 0.6 is 0 Å². The van der Waals surface area contributed by atoms with Gasteiger partial charge < -0.3 is 13.6 Å². The number of pyridine rings is 5. The topological polar surface area (TPSA) is 87.5 Å². The molecule has 12 aromatic rings. The first kappa shape index (κ1) is 40.8. The average molecular weight is 886 g/mol. The van der Waals surface area contributed by atoms with Crippen LogP contribution in [0, 0.1) is 0 Å². The highest BCUT2D eigenvalue weighted by Crippen LogP contribution is 2.39. The van der Waals surface area contributed by atoms with Gasteiger partial charge >= 0.3 is 0 Å². The van der Waals surface area contributed by atoms with Crippen LogP contribution < -0.4 is 0 Å². The van der Waals surface area contributed by atoms with E-state index in [0.717, 1.165) is 122 Å². The number of furan rings is 1. The Morgan fingerprint density at radius 2 is 1.06 bits per heavy atom. The molecular formula is C61H39N7O. The fraction of sp³-hybridized carbons (Fsp3) is 0. The molecule has 8 heteroatoms. The van der Waals surface area contributed by atoms with Crippen LogP contribution in [-0.4, -0.2) is 34.1 Å². The average Bonchev–Trinajstić information content (AvgIpc) is 4.05. The largest absolute Gasteiger partial charge is 0.456 e. The van der Waals surface area contributed by atoms with Crippen LogP contribution in [0.1, 0.15) is 5.56 Å². The quantitative estimate of drug-likeness (QED) is 0.117. The summed E-state index contributed by atoms with van der Waals surface area (Å²) in [5.74, 6) is 0. The zero-order chi connectivity index (χ0) is 46.3. The molecule has 0 unspecified atom stereocenters. The van der Waals surface area contributed by atoms with Crippen molar-refractivity contribution in [3.63, 3.8) is 0 Å². The van der Waals surface area contributed by atoms with E-state index in [-0.39, 0.29) is 0 Å². The van der Waals surface area contributed by atoms with Crippen molar-refractivity contribution in [1.82, 2.24) is 34.1 Å². The van der Waals surface area contributed by atoms with Gasteiger partial charge in [-0.1, -0.05) is 73.8 Å². The Morgan fingerprint density at radius 3 is 1.83 bits per heavy atom. The second kappa shape index (κ2) is 17.3. The van der Waals surface area contributed by atoms with Crippen molar-refractivity contribution in [2.24, 2.45) is 0 Å². The van der Waals surface area contributed by atoms with Gasteiger partial charge in [0.25, 0.3) is 0 Å². The second-order valence-corrected chi connectivity index (χ2v) is 16.5. The van der Waals surface area contributed by atoms with Crippen LogP contribution in [0.2, 0.25) is 0 Å². The summed E-state index contributed by atoms with van der Waals surface area (Å²) < 4.78 is 10.8. The van der Waals surface area contributed by atoms with Gasteiger partial charge in [-0.2, -0.15) is 0 Å². The van der Waals surface area contributed by atoms with Gasteiger partial charge in [-0.05, 0) is 126 Å². The first-order valence-electron chi connectivity index (χ1n) is 22.5. The minimum atomic E-state index is 0.780. The number of rotatable bonds is 7. The predicted octanol–water partition coefficient (Wildman–Crippen LogP) is 14.9. The van der Waals surface area contributed by atoms with E-state index in [9.17, 15) is 0 Å². The zero-order valence-corrected chi connectivity index (χ0v) is 37.2. The van der Waals surface area contributed by atoms with Gasteiger partial charge in [-0.25, -0.2) is 9.97 Å². The highest BCUT2D eigenvalue weighted by atomic mass is 16.3. The van der Waals surface area contributed by atoms with Crippen molar-refractivity contribution in [1.29, 1.82) is 0 Å². The standard InChI is InChI=1S/C57H33N7O.C4H6/c1-2-5-11-36(12-6-3-1)38-27-40(33-59-31-38)48-19-22-52-56(61-48)57-53(23-20-49(62-57)41-28-39(32-60-34-41)37-13-7-4-8-14-37)64(52)42-17-21-50-45(29-42)47-35-58-26-25-51(47)63(50)43-18-24-55-46(30-43)44-15-9-10-16-54(44)65-55;1-3-4-2/h1-2,4,6-35H;3-4H,1-2H2/b36-12+;. The highest BCUT2D eigenvalue weighted by Gasteiger charge is 2.21. The lowest BCUT2D eigenvalue weighted by atomic mass is 10.0. The van der Waals surface area contributed by atoms with Crippen LogP contribution in [0.25, 0.3) is 116 Å². The molecule has 4 aromatic carbocycles. The van der Waals surface area contributed by atoms with Crippen molar-refractivity contribution in [3.8, 4) is 45.0 Å². The van der Waals surface area contributed by atoms with Crippen LogP contribution in [-0.2, 0) is 0 Å². The van der Waals surface area contributed by atoms with E-state index < -0.39 is 0 Å². The van der Waals surface area contributed by atoms with Gasteiger partial charge in [0.2, 0.25) is 0 Å². The predicted molar refractivity (Wildman–Crippen MR) is 281 cm³/mol. The summed E-state index contributed by atoms with van der Waals surface area (Å²) in [5.41, 5.74) is 23.1. The van der Waals surface area contributed by atoms with Crippen molar-refractivity contribution in [2.45, 2.75) is 0 Å². The van der Waals surface area contributed by atoms with Crippen LogP contribution in [0.5, 0.6) is 0 Å². The Bertz CT molecular complexity index is 4200. The molecule has 0 bridgehead atoms. The van der Waals surface area contributed by atoms with E-state index in [4.69, 9.17) is 14.4 Å². The third-order valence-corrected chi connectivity index (χ3v) is 12.4. The summed E-state index contributed by atoms with van der Waals surface area (Å²) in [6, 6.07) is 46.4. The normalized spacial score (nSPS) is 12.9. The van der Waals surface area contributed by atoms with Gasteiger partial charge in [0, 0.05) is 92.4 Å². The number of nitrogens with zero attached hydrogens (tertiary/aromatic N) is 7. The lowest BCUT2D eigenvalue weighted by molar-refractivity contribution is 0.669. The summed E-state index contributed by atoms with van der Waals surface area (Å²) in [5, 5.41) is 4.30. The van der Waals surface area contributed by atoms with E-state index in [1.165, 1.54) is 0 Å². The number of fused-ring (bicyclic) bond motifs is 9. The summed E-state index contributed by atoms with van der Waals surface area (Å²) >= 11 is 0. The Balaban J connectivity index is 0.00000119. The molecule has 8 nitrogen and oxygen atoms in total. The molecule has 0 amide bonds. The smallest absolute Gasteiger partial charge is 0.135 e. The molecule has 0 fully saturated rings. The maximum absolute atomic E-state index is 6.20. The third-order valence-electron chi connectivity index (χ3n) is 12.4. The number of aromatic nitrogens is 7. The summed E-state index contributed by atoms with van der Waals surface area (Å²) in [7, 11) is 0. The van der Waals surface area contributed by atoms with Gasteiger partial charge in [-0.3, -0.25) is 15.0 Å². The Labute approximate surface area is 396 Å². The molecule has 1 aliphatic carbocycles. The van der Waals surface area contributed by atoms with Crippen LogP contribution in [0.15, 0.2) is 242 Å². The molecule has 0 atom stereocenters. The van der Waals surface area contributed by atoms with Gasteiger partial charge in [-0.15, -0.1) is 11.5 Å². The first-order valence-corrected chi connectivity index (χ1v) is 22.5. The van der Waals surface area contributed by atoms with E-state index >= 15 is 0 Å². The van der Waals surface area contributed by atoms with Crippen molar-refractivity contribution in [2.75, 3.05) is 0 Å². The fourth-order valence-electron chi connectivity index (χ4n) is 9.23. The molecule has 0 spiro atoms. The molecule has 0 aliphatic heterocycles. The van der Waals surface area contributed by atoms with Gasteiger partial charge in [0.1, 0.15) is 22.2 Å². The maximum atomic E-state index is 6.20. The Kier molecular flexibility index (Phi) is 10.2. The third kappa shape index (κ3) is 7.28. The second-order valence-electron chi connectivity index (χ2n) is 16.5. The molecule has 8 aromatic heterocycles.